The maximum absolute atomic E-state index is 12.2. The van der Waals surface area contributed by atoms with Crippen LogP contribution in [0.4, 0.5) is 19.0 Å². The third-order valence-electron chi connectivity index (χ3n) is 2.86. The van der Waals surface area contributed by atoms with Gasteiger partial charge in [-0.2, -0.15) is 18.3 Å². The van der Waals surface area contributed by atoms with Gasteiger partial charge in [-0.1, -0.05) is 0 Å². The van der Waals surface area contributed by atoms with E-state index in [0.717, 1.165) is 16.8 Å². The fraction of sp³-hybridized carbons (Fsp3) is 0.636. The summed E-state index contributed by atoms with van der Waals surface area (Å²) in [5, 5.41) is 7.86. The zero-order valence-electron chi connectivity index (χ0n) is 10.7. The van der Waals surface area contributed by atoms with Crippen molar-refractivity contribution in [2.24, 2.45) is 5.73 Å². The lowest BCUT2D eigenvalue weighted by Crippen LogP contribution is -2.27. The molecule has 0 radical (unpaired) electrons. The summed E-state index contributed by atoms with van der Waals surface area (Å²) in [4.78, 5) is 1.44. The monoisotopic (exact) mass is 262 g/mol. The topological polar surface area (TPSA) is 55.0 Å². The van der Waals surface area contributed by atoms with Gasteiger partial charge in [0, 0.05) is 25.7 Å². The van der Waals surface area contributed by atoms with E-state index in [0.29, 0.717) is 5.82 Å². The minimum atomic E-state index is -4.18. The summed E-state index contributed by atoms with van der Waals surface area (Å²) in [7, 11) is 1.56. The van der Waals surface area contributed by atoms with Crippen molar-refractivity contribution in [1.29, 1.82) is 0 Å². The van der Waals surface area contributed by atoms with Crippen LogP contribution in [-0.4, -0.2) is 30.0 Å². The molecule has 1 aromatic rings. The van der Waals surface area contributed by atoms with Crippen molar-refractivity contribution in [2.45, 2.75) is 33.0 Å². The van der Waals surface area contributed by atoms with Crippen molar-refractivity contribution in [3.63, 3.8) is 0 Å². The second kappa shape index (κ2) is 5.51. The molecule has 0 aromatic carbocycles. The first-order valence-corrected chi connectivity index (χ1v) is 5.57. The van der Waals surface area contributed by atoms with Crippen molar-refractivity contribution >= 4 is 5.82 Å². The third kappa shape index (κ3) is 3.56. The average molecular weight is 262 g/mol. The summed E-state index contributed by atoms with van der Waals surface area (Å²) in [5.41, 5.74) is 7.98. The Bertz CT molecular complexity index is 417. The van der Waals surface area contributed by atoms with Gasteiger partial charge in [0.15, 0.2) is 5.82 Å². The Hall–Kier alpha value is -1.37. The van der Waals surface area contributed by atoms with Crippen molar-refractivity contribution in [1.82, 2.24) is 10.2 Å². The van der Waals surface area contributed by atoms with E-state index < -0.39 is 12.6 Å². The molecule has 7 heteroatoms. The van der Waals surface area contributed by atoms with E-state index in [1.165, 1.54) is 4.90 Å². The molecule has 0 aliphatic rings. The van der Waals surface area contributed by atoms with Gasteiger partial charge in [0.05, 0.1) is 12.1 Å². The highest BCUT2D eigenvalue weighted by Gasteiger charge is 2.28. The molecule has 0 saturated heterocycles. The molecular formula is C11H17F3N4. The Morgan fingerprint density at radius 3 is 2.33 bits per heavy atom. The van der Waals surface area contributed by atoms with Crippen LogP contribution in [0.3, 0.4) is 0 Å². The molecule has 0 fully saturated rings. The van der Waals surface area contributed by atoms with Gasteiger partial charge in [0.2, 0.25) is 0 Å². The maximum Gasteiger partial charge on any atom is 0.390 e. The minimum Gasteiger partial charge on any atom is -0.358 e. The Morgan fingerprint density at radius 1 is 1.22 bits per heavy atom. The van der Waals surface area contributed by atoms with Crippen molar-refractivity contribution in [3.8, 4) is 0 Å². The molecule has 2 N–H and O–H groups in total. The number of halogens is 3. The molecule has 1 aromatic heterocycles. The number of rotatable bonds is 4. The molecule has 0 bridgehead atoms. The smallest absolute Gasteiger partial charge is 0.358 e. The molecule has 0 aliphatic carbocycles. The predicted molar refractivity (Wildman–Crippen MR) is 63.3 cm³/mol. The highest BCUT2D eigenvalue weighted by Crippen LogP contribution is 2.24. The van der Waals surface area contributed by atoms with Gasteiger partial charge in [-0.05, 0) is 19.4 Å². The molecule has 102 valence electrons. The molecule has 4 nitrogen and oxygen atoms in total. The van der Waals surface area contributed by atoms with Crippen LogP contribution in [0.5, 0.6) is 0 Å². The lowest BCUT2D eigenvalue weighted by Gasteiger charge is -2.22. The maximum atomic E-state index is 12.2. The van der Waals surface area contributed by atoms with Crippen LogP contribution in [0.25, 0.3) is 0 Å². The number of alkyl halides is 3. The third-order valence-corrected chi connectivity index (χ3v) is 2.86. The molecule has 1 heterocycles. The normalized spacial score (nSPS) is 11.7. The summed E-state index contributed by atoms with van der Waals surface area (Å²) in [6.45, 7) is 3.70. The first-order chi connectivity index (χ1) is 8.26. The van der Waals surface area contributed by atoms with E-state index in [9.17, 15) is 13.2 Å². The highest BCUT2D eigenvalue weighted by molar-refractivity contribution is 5.50. The van der Waals surface area contributed by atoms with Crippen LogP contribution in [0, 0.1) is 13.8 Å². The molecule has 0 spiro atoms. The summed E-state index contributed by atoms with van der Waals surface area (Å²) in [5.74, 6) is 0.421. The second-order valence-electron chi connectivity index (χ2n) is 4.20. The Morgan fingerprint density at radius 2 is 1.83 bits per heavy atom. The van der Waals surface area contributed by atoms with E-state index in [1.54, 1.807) is 14.0 Å². The lowest BCUT2D eigenvalue weighted by atomic mass is 10.1. The number of aryl methyl sites for hydroxylation is 1. The lowest BCUT2D eigenvalue weighted by molar-refractivity contribution is -0.132. The molecule has 0 unspecified atom stereocenters. The fourth-order valence-electron chi connectivity index (χ4n) is 1.60. The first kappa shape index (κ1) is 14.7. The van der Waals surface area contributed by atoms with Crippen LogP contribution in [-0.2, 0) is 6.54 Å². The predicted octanol–water partition coefficient (Wildman–Crippen LogP) is 1.94. The Kier molecular flexibility index (Phi) is 4.50. The highest BCUT2D eigenvalue weighted by atomic mass is 19.4. The van der Waals surface area contributed by atoms with Crippen molar-refractivity contribution in [2.75, 3.05) is 18.5 Å². The minimum absolute atomic E-state index is 0.159. The molecule has 18 heavy (non-hydrogen) atoms. The quantitative estimate of drug-likeness (QED) is 0.901. The summed E-state index contributed by atoms with van der Waals surface area (Å²) in [6.07, 6.45) is -5.06. The Labute approximate surface area is 104 Å². The molecule has 0 amide bonds. The van der Waals surface area contributed by atoms with E-state index >= 15 is 0 Å². The second-order valence-corrected chi connectivity index (χ2v) is 4.20. The van der Waals surface area contributed by atoms with Crippen LogP contribution in [0.1, 0.15) is 23.2 Å². The van der Waals surface area contributed by atoms with Gasteiger partial charge in [-0.3, -0.25) is 0 Å². The molecule has 0 saturated carbocycles. The number of hydrogen-bond acceptors (Lipinski definition) is 4. The fourth-order valence-corrected chi connectivity index (χ4v) is 1.60. The molecular weight excluding hydrogens is 245 g/mol. The number of aromatic nitrogens is 2. The van der Waals surface area contributed by atoms with Crippen molar-refractivity contribution < 1.29 is 13.2 Å². The van der Waals surface area contributed by atoms with Gasteiger partial charge in [0.25, 0.3) is 0 Å². The zero-order valence-corrected chi connectivity index (χ0v) is 10.7. The van der Waals surface area contributed by atoms with E-state index in [1.807, 2.05) is 6.92 Å². The number of hydrogen-bond donors (Lipinski definition) is 1. The zero-order chi connectivity index (χ0) is 13.9. The molecule has 0 aliphatic heterocycles. The SMILES string of the molecule is Cc1nnc(N(C)CCC(F)(F)F)c(CN)c1C. The summed E-state index contributed by atoms with van der Waals surface area (Å²) < 4.78 is 36.5. The van der Waals surface area contributed by atoms with Gasteiger partial charge in [0.1, 0.15) is 0 Å². The average Bonchev–Trinajstić information content (AvgIpc) is 2.28. The van der Waals surface area contributed by atoms with E-state index in [2.05, 4.69) is 10.2 Å². The molecule has 1 rings (SSSR count). The number of nitrogens with two attached hydrogens (primary N) is 1. The van der Waals surface area contributed by atoms with Crippen LogP contribution < -0.4 is 10.6 Å². The standard InChI is InChI=1S/C11H17F3N4/c1-7-8(2)16-17-10(9(7)6-15)18(3)5-4-11(12,13)14/h4-6,15H2,1-3H3. The van der Waals surface area contributed by atoms with Gasteiger partial charge < -0.3 is 10.6 Å². The summed E-state index contributed by atoms with van der Waals surface area (Å²) in [6, 6.07) is 0. The first-order valence-electron chi connectivity index (χ1n) is 5.57. The number of nitrogens with zero attached hydrogens (tertiary/aromatic N) is 3. The van der Waals surface area contributed by atoms with Gasteiger partial charge >= 0.3 is 6.18 Å². The van der Waals surface area contributed by atoms with Crippen LogP contribution in [0.15, 0.2) is 0 Å². The van der Waals surface area contributed by atoms with Gasteiger partial charge in [-0.25, -0.2) is 0 Å². The van der Waals surface area contributed by atoms with E-state index in [-0.39, 0.29) is 13.1 Å². The van der Waals surface area contributed by atoms with Crippen LogP contribution >= 0.6 is 0 Å². The summed E-state index contributed by atoms with van der Waals surface area (Å²) >= 11 is 0. The van der Waals surface area contributed by atoms with Gasteiger partial charge in [-0.15, -0.1) is 5.10 Å². The van der Waals surface area contributed by atoms with E-state index in [4.69, 9.17) is 5.73 Å². The Balaban J connectivity index is 2.92. The number of anilines is 1. The van der Waals surface area contributed by atoms with Crippen molar-refractivity contribution in [3.05, 3.63) is 16.8 Å². The molecule has 0 atom stereocenters. The largest absolute Gasteiger partial charge is 0.390 e. The van der Waals surface area contributed by atoms with Crippen LogP contribution in [0.2, 0.25) is 0 Å².